The number of ether oxygens (including phenoxy) is 2. The molecule has 0 spiro atoms. The quantitative estimate of drug-likeness (QED) is 0.698. The van der Waals surface area contributed by atoms with E-state index in [1.54, 1.807) is 14.2 Å². The minimum absolute atomic E-state index is 0.230. The summed E-state index contributed by atoms with van der Waals surface area (Å²) in [5, 5.41) is 0. The molecule has 26 heavy (non-hydrogen) atoms. The highest BCUT2D eigenvalue weighted by Gasteiger charge is 2.27. The average Bonchev–Trinajstić information content (AvgIpc) is 3.16. The van der Waals surface area contributed by atoms with Crippen LogP contribution in [0.2, 0.25) is 0 Å². The van der Waals surface area contributed by atoms with Crippen LogP contribution in [0.3, 0.4) is 0 Å². The third-order valence-electron chi connectivity index (χ3n) is 4.97. The van der Waals surface area contributed by atoms with Gasteiger partial charge in [0.15, 0.2) is 0 Å². The van der Waals surface area contributed by atoms with Gasteiger partial charge in [-0.3, -0.25) is 4.79 Å². The molecular formula is C21H24BrNO3. The minimum atomic E-state index is 0.230. The molecule has 5 heteroatoms. The standard InChI is InChI=1S/C21H24BrNO3/c1-25-18-7-5-16(6-8-18)17-11-12-23(14-17)21(24)10-4-15-3-9-20(26-2)19(22)13-15/h3,5-9,13,17H,4,10-12,14H2,1-2H3. The number of hydrogen-bond donors (Lipinski definition) is 0. The highest BCUT2D eigenvalue weighted by Crippen LogP contribution is 2.29. The molecule has 0 bridgehead atoms. The predicted octanol–water partition coefficient (Wildman–Crippen LogP) is 4.42. The Morgan fingerprint density at radius 1 is 1.15 bits per heavy atom. The molecular weight excluding hydrogens is 394 g/mol. The van der Waals surface area contributed by atoms with E-state index in [1.807, 2.05) is 35.2 Å². The maximum absolute atomic E-state index is 12.6. The SMILES string of the molecule is COc1ccc(C2CCN(C(=O)CCc3ccc(OC)c(Br)c3)C2)cc1. The Balaban J connectivity index is 1.53. The lowest BCUT2D eigenvalue weighted by molar-refractivity contribution is -0.130. The summed E-state index contributed by atoms with van der Waals surface area (Å²) in [4.78, 5) is 14.6. The number of amides is 1. The van der Waals surface area contributed by atoms with Gasteiger partial charge >= 0.3 is 0 Å². The topological polar surface area (TPSA) is 38.8 Å². The van der Waals surface area contributed by atoms with Crippen molar-refractivity contribution in [1.82, 2.24) is 4.90 Å². The zero-order valence-electron chi connectivity index (χ0n) is 15.2. The van der Waals surface area contributed by atoms with E-state index in [2.05, 4.69) is 28.1 Å². The van der Waals surface area contributed by atoms with Gasteiger partial charge in [-0.25, -0.2) is 0 Å². The van der Waals surface area contributed by atoms with Gasteiger partial charge in [-0.05, 0) is 64.2 Å². The summed E-state index contributed by atoms with van der Waals surface area (Å²) in [6, 6.07) is 14.2. The summed E-state index contributed by atoms with van der Waals surface area (Å²) in [5.74, 6) is 2.32. The van der Waals surface area contributed by atoms with Crippen molar-refractivity contribution >= 4 is 21.8 Å². The Morgan fingerprint density at radius 2 is 1.92 bits per heavy atom. The zero-order valence-corrected chi connectivity index (χ0v) is 16.8. The first-order chi connectivity index (χ1) is 12.6. The zero-order chi connectivity index (χ0) is 18.5. The minimum Gasteiger partial charge on any atom is -0.497 e. The Morgan fingerprint density at radius 3 is 2.58 bits per heavy atom. The van der Waals surface area contributed by atoms with E-state index in [-0.39, 0.29) is 5.91 Å². The second kappa shape index (κ2) is 8.58. The fourth-order valence-corrected chi connectivity index (χ4v) is 4.00. The van der Waals surface area contributed by atoms with Gasteiger partial charge in [-0.15, -0.1) is 0 Å². The second-order valence-electron chi connectivity index (χ2n) is 6.57. The van der Waals surface area contributed by atoms with Crippen LogP contribution in [0.15, 0.2) is 46.9 Å². The van der Waals surface area contributed by atoms with Crippen molar-refractivity contribution in [2.45, 2.75) is 25.2 Å². The summed E-state index contributed by atoms with van der Waals surface area (Å²) in [7, 11) is 3.32. The van der Waals surface area contributed by atoms with E-state index in [4.69, 9.17) is 9.47 Å². The number of likely N-dealkylation sites (tertiary alicyclic amines) is 1. The lowest BCUT2D eigenvalue weighted by atomic mass is 9.98. The van der Waals surface area contributed by atoms with Gasteiger partial charge in [0.25, 0.3) is 0 Å². The van der Waals surface area contributed by atoms with Gasteiger partial charge in [0, 0.05) is 25.4 Å². The summed E-state index contributed by atoms with van der Waals surface area (Å²) >= 11 is 3.50. The van der Waals surface area contributed by atoms with Gasteiger partial charge < -0.3 is 14.4 Å². The molecule has 1 heterocycles. The smallest absolute Gasteiger partial charge is 0.222 e. The maximum Gasteiger partial charge on any atom is 0.222 e. The number of benzene rings is 2. The van der Waals surface area contributed by atoms with E-state index in [0.29, 0.717) is 12.3 Å². The number of aryl methyl sites for hydroxylation is 1. The van der Waals surface area contributed by atoms with Crippen molar-refractivity contribution in [3.8, 4) is 11.5 Å². The molecule has 2 aromatic carbocycles. The summed E-state index contributed by atoms with van der Waals surface area (Å²) in [5.41, 5.74) is 2.41. The van der Waals surface area contributed by atoms with Crippen molar-refractivity contribution in [3.05, 3.63) is 58.1 Å². The van der Waals surface area contributed by atoms with Crippen molar-refractivity contribution in [2.24, 2.45) is 0 Å². The van der Waals surface area contributed by atoms with Crippen LogP contribution in [-0.2, 0) is 11.2 Å². The lowest BCUT2D eigenvalue weighted by Gasteiger charge is -2.17. The molecule has 1 unspecified atom stereocenters. The molecule has 1 atom stereocenters. The van der Waals surface area contributed by atoms with Crippen LogP contribution in [0.4, 0.5) is 0 Å². The Bertz CT molecular complexity index is 760. The van der Waals surface area contributed by atoms with Crippen LogP contribution in [0.5, 0.6) is 11.5 Å². The molecule has 1 fully saturated rings. The number of carbonyl (C=O) groups is 1. The third kappa shape index (κ3) is 4.39. The van der Waals surface area contributed by atoms with Gasteiger partial charge in [-0.1, -0.05) is 18.2 Å². The van der Waals surface area contributed by atoms with Crippen LogP contribution < -0.4 is 9.47 Å². The summed E-state index contributed by atoms with van der Waals surface area (Å²) < 4.78 is 11.4. The van der Waals surface area contributed by atoms with Crippen LogP contribution >= 0.6 is 15.9 Å². The molecule has 1 aliphatic heterocycles. The largest absolute Gasteiger partial charge is 0.497 e. The molecule has 3 rings (SSSR count). The molecule has 0 aliphatic carbocycles. The molecule has 1 amide bonds. The number of methoxy groups -OCH3 is 2. The molecule has 0 N–H and O–H groups in total. The molecule has 0 aromatic heterocycles. The van der Waals surface area contributed by atoms with Crippen molar-refractivity contribution in [1.29, 1.82) is 0 Å². The fraction of sp³-hybridized carbons (Fsp3) is 0.381. The lowest BCUT2D eigenvalue weighted by Crippen LogP contribution is -2.28. The van der Waals surface area contributed by atoms with Crippen molar-refractivity contribution in [2.75, 3.05) is 27.3 Å². The van der Waals surface area contributed by atoms with E-state index in [9.17, 15) is 4.79 Å². The maximum atomic E-state index is 12.6. The summed E-state index contributed by atoms with van der Waals surface area (Å²) in [6.07, 6.45) is 2.30. The first-order valence-corrected chi connectivity index (χ1v) is 9.64. The molecule has 1 saturated heterocycles. The average molecular weight is 418 g/mol. The molecule has 1 aliphatic rings. The van der Waals surface area contributed by atoms with E-state index >= 15 is 0 Å². The Hall–Kier alpha value is -2.01. The Labute approximate surface area is 163 Å². The van der Waals surface area contributed by atoms with Gasteiger partial charge in [0.2, 0.25) is 5.91 Å². The summed E-state index contributed by atoms with van der Waals surface area (Å²) in [6.45, 7) is 1.64. The molecule has 138 valence electrons. The predicted molar refractivity (Wildman–Crippen MR) is 106 cm³/mol. The van der Waals surface area contributed by atoms with Crippen LogP contribution in [-0.4, -0.2) is 38.1 Å². The highest BCUT2D eigenvalue weighted by molar-refractivity contribution is 9.10. The van der Waals surface area contributed by atoms with Gasteiger partial charge in [0.05, 0.1) is 18.7 Å². The first kappa shape index (κ1) is 18.8. The number of nitrogens with zero attached hydrogens (tertiary/aromatic N) is 1. The van der Waals surface area contributed by atoms with E-state index in [1.165, 1.54) is 5.56 Å². The third-order valence-corrected chi connectivity index (χ3v) is 5.59. The fourth-order valence-electron chi connectivity index (χ4n) is 3.41. The van der Waals surface area contributed by atoms with Crippen LogP contribution in [0, 0.1) is 0 Å². The van der Waals surface area contributed by atoms with Gasteiger partial charge in [-0.2, -0.15) is 0 Å². The Kier molecular flexibility index (Phi) is 6.20. The number of carbonyl (C=O) groups excluding carboxylic acids is 1. The van der Waals surface area contributed by atoms with Crippen LogP contribution in [0.1, 0.15) is 29.9 Å². The highest BCUT2D eigenvalue weighted by atomic mass is 79.9. The van der Waals surface area contributed by atoms with Crippen molar-refractivity contribution in [3.63, 3.8) is 0 Å². The molecule has 0 radical (unpaired) electrons. The molecule has 2 aromatic rings. The van der Waals surface area contributed by atoms with Crippen molar-refractivity contribution < 1.29 is 14.3 Å². The second-order valence-corrected chi connectivity index (χ2v) is 7.42. The van der Waals surface area contributed by atoms with Crippen LogP contribution in [0.25, 0.3) is 0 Å². The monoisotopic (exact) mass is 417 g/mol. The number of rotatable bonds is 6. The molecule has 4 nitrogen and oxygen atoms in total. The number of hydrogen-bond acceptors (Lipinski definition) is 3. The van der Waals surface area contributed by atoms with E-state index < -0.39 is 0 Å². The normalized spacial score (nSPS) is 16.6. The van der Waals surface area contributed by atoms with E-state index in [0.717, 1.165) is 47.5 Å². The molecule has 0 saturated carbocycles. The van der Waals surface area contributed by atoms with Gasteiger partial charge in [0.1, 0.15) is 11.5 Å². The first-order valence-electron chi connectivity index (χ1n) is 8.85. The number of halogens is 1.